The molecule has 2 aromatic rings. The van der Waals surface area contributed by atoms with E-state index in [1.165, 1.54) is 18.3 Å². The third-order valence-electron chi connectivity index (χ3n) is 3.94. The largest absolute Gasteiger partial charge is 0.494 e. The molecule has 0 fully saturated rings. The van der Waals surface area contributed by atoms with Crippen molar-refractivity contribution in [2.75, 3.05) is 6.61 Å². The van der Waals surface area contributed by atoms with Gasteiger partial charge >= 0.3 is 0 Å². The first-order valence-corrected chi connectivity index (χ1v) is 8.16. The van der Waals surface area contributed by atoms with Gasteiger partial charge in [0.2, 0.25) is 5.91 Å². The van der Waals surface area contributed by atoms with E-state index >= 15 is 0 Å². The molecule has 0 aliphatic heterocycles. The highest BCUT2D eigenvalue weighted by Crippen LogP contribution is 2.25. The van der Waals surface area contributed by atoms with E-state index < -0.39 is 10.3 Å². The number of nitrogens with one attached hydrogen (secondary N) is 1. The van der Waals surface area contributed by atoms with Gasteiger partial charge in [-0.15, -0.1) is 0 Å². The zero-order chi connectivity index (χ0) is 19.2. The topological polar surface area (TPSA) is 93.8 Å². The monoisotopic (exact) mass is 355 g/mol. The van der Waals surface area contributed by atoms with Gasteiger partial charge in [0, 0.05) is 12.1 Å². The Labute approximate surface area is 151 Å². The van der Waals surface area contributed by atoms with Crippen molar-refractivity contribution in [2.24, 2.45) is 5.10 Å². The average Bonchev–Trinajstić information content (AvgIpc) is 2.62. The molecule has 0 aliphatic carbocycles. The maximum Gasteiger partial charge on any atom is 0.269 e. The molecule has 0 heterocycles. The van der Waals surface area contributed by atoms with Gasteiger partial charge in [-0.25, -0.2) is 5.43 Å². The molecular weight excluding hydrogens is 334 g/mol. The minimum atomic E-state index is -0.780. The third kappa shape index (κ3) is 4.66. The number of nitro benzene ring substituents is 1. The number of nitrogens with zero attached hydrogens (tertiary/aromatic N) is 2. The van der Waals surface area contributed by atoms with Crippen molar-refractivity contribution < 1.29 is 14.5 Å². The molecule has 1 N–H and O–H groups in total. The summed E-state index contributed by atoms with van der Waals surface area (Å²) >= 11 is 0. The highest BCUT2D eigenvalue weighted by Gasteiger charge is 2.29. The molecule has 7 heteroatoms. The van der Waals surface area contributed by atoms with Gasteiger partial charge in [0.1, 0.15) is 5.75 Å². The molecule has 0 aliphatic rings. The highest BCUT2D eigenvalue weighted by molar-refractivity contribution is 5.88. The van der Waals surface area contributed by atoms with E-state index in [4.69, 9.17) is 4.74 Å². The van der Waals surface area contributed by atoms with E-state index in [1.807, 2.05) is 31.2 Å². The quantitative estimate of drug-likeness (QED) is 0.468. The summed E-state index contributed by atoms with van der Waals surface area (Å²) in [5, 5.41) is 14.6. The summed E-state index contributed by atoms with van der Waals surface area (Å²) < 4.78 is 5.40. The van der Waals surface area contributed by atoms with Crippen LogP contribution in [0.15, 0.2) is 53.6 Å². The summed E-state index contributed by atoms with van der Waals surface area (Å²) in [4.78, 5) is 22.6. The Balaban J connectivity index is 2.01. The Kier molecular flexibility index (Phi) is 6.06. The molecule has 1 amide bonds. The fraction of sp³-hybridized carbons (Fsp3) is 0.263. The molecule has 0 spiro atoms. The van der Waals surface area contributed by atoms with E-state index in [9.17, 15) is 14.9 Å². The minimum Gasteiger partial charge on any atom is -0.494 e. The van der Waals surface area contributed by atoms with Crippen molar-refractivity contribution in [1.82, 2.24) is 5.43 Å². The van der Waals surface area contributed by atoms with Crippen LogP contribution in [0.2, 0.25) is 0 Å². The predicted molar refractivity (Wildman–Crippen MR) is 99.5 cm³/mol. The standard InChI is InChI=1S/C19H21N3O4/c1-4-26-17-11-7-15(8-12-17)19(2,3)18(23)21-20-13-14-5-9-16(10-6-14)22(24)25/h5-13H,4H2,1-3H3,(H,21,23)/b20-13-. The second-order valence-electron chi connectivity index (χ2n) is 6.13. The van der Waals surface area contributed by atoms with E-state index in [0.29, 0.717) is 12.2 Å². The van der Waals surface area contributed by atoms with Crippen molar-refractivity contribution >= 4 is 17.8 Å². The zero-order valence-corrected chi connectivity index (χ0v) is 14.9. The lowest BCUT2D eigenvalue weighted by molar-refractivity contribution is -0.384. The van der Waals surface area contributed by atoms with Crippen molar-refractivity contribution in [2.45, 2.75) is 26.2 Å². The number of non-ortho nitro benzene ring substituents is 1. The van der Waals surface area contributed by atoms with Gasteiger partial charge in [-0.05, 0) is 56.2 Å². The van der Waals surface area contributed by atoms with Crippen LogP contribution in [0.1, 0.15) is 31.9 Å². The summed E-state index contributed by atoms with van der Waals surface area (Å²) in [6.07, 6.45) is 1.44. The number of hydrazone groups is 1. The molecule has 7 nitrogen and oxygen atoms in total. The van der Waals surface area contributed by atoms with Crippen molar-refractivity contribution in [3.8, 4) is 5.75 Å². The fourth-order valence-electron chi connectivity index (χ4n) is 2.25. The fourth-order valence-corrected chi connectivity index (χ4v) is 2.25. The highest BCUT2D eigenvalue weighted by atomic mass is 16.6. The molecule has 2 aromatic carbocycles. The van der Waals surface area contributed by atoms with Gasteiger partial charge in [-0.2, -0.15) is 5.10 Å². The van der Waals surface area contributed by atoms with Gasteiger partial charge in [0.25, 0.3) is 5.69 Å². The van der Waals surface area contributed by atoms with E-state index in [-0.39, 0.29) is 11.6 Å². The van der Waals surface area contributed by atoms with E-state index in [1.54, 1.807) is 26.0 Å². The maximum atomic E-state index is 12.5. The lowest BCUT2D eigenvalue weighted by Gasteiger charge is -2.23. The van der Waals surface area contributed by atoms with Crippen LogP contribution in [0, 0.1) is 10.1 Å². The SMILES string of the molecule is CCOc1ccc(C(C)(C)C(=O)N/N=C\c2ccc([N+](=O)[O-])cc2)cc1. The maximum absolute atomic E-state index is 12.5. The van der Waals surface area contributed by atoms with Crippen LogP contribution in [0.25, 0.3) is 0 Å². The van der Waals surface area contributed by atoms with Crippen LogP contribution in [0.5, 0.6) is 5.75 Å². The lowest BCUT2D eigenvalue weighted by Crippen LogP contribution is -2.37. The first-order chi connectivity index (χ1) is 12.3. The summed E-state index contributed by atoms with van der Waals surface area (Å²) in [7, 11) is 0. The number of nitro groups is 1. The van der Waals surface area contributed by atoms with Crippen LogP contribution in [0.3, 0.4) is 0 Å². The Hall–Kier alpha value is -3.22. The number of rotatable bonds is 7. The number of carbonyl (C=O) groups excluding carboxylic acids is 1. The molecule has 0 unspecified atom stereocenters. The molecule has 0 saturated heterocycles. The Bertz CT molecular complexity index is 797. The van der Waals surface area contributed by atoms with E-state index in [2.05, 4.69) is 10.5 Å². The van der Waals surface area contributed by atoms with Gasteiger partial charge in [-0.1, -0.05) is 12.1 Å². The molecule has 136 valence electrons. The molecule has 0 bridgehead atoms. The van der Waals surface area contributed by atoms with Gasteiger partial charge in [-0.3, -0.25) is 14.9 Å². The molecule has 0 saturated carbocycles. The van der Waals surface area contributed by atoms with Gasteiger partial charge < -0.3 is 4.74 Å². The number of hydrogen-bond acceptors (Lipinski definition) is 5. The Morgan fingerprint density at radius 2 is 1.81 bits per heavy atom. The lowest BCUT2D eigenvalue weighted by atomic mass is 9.84. The van der Waals surface area contributed by atoms with Crippen LogP contribution in [-0.4, -0.2) is 23.7 Å². The first kappa shape index (κ1) is 19.1. The number of carbonyl (C=O) groups is 1. The molecular formula is C19H21N3O4. The smallest absolute Gasteiger partial charge is 0.269 e. The average molecular weight is 355 g/mol. The normalized spacial score (nSPS) is 11.3. The number of benzene rings is 2. The Morgan fingerprint density at radius 1 is 1.19 bits per heavy atom. The second-order valence-corrected chi connectivity index (χ2v) is 6.13. The van der Waals surface area contributed by atoms with Crippen LogP contribution in [0.4, 0.5) is 5.69 Å². The van der Waals surface area contributed by atoms with Crippen molar-refractivity contribution in [3.63, 3.8) is 0 Å². The number of ether oxygens (including phenoxy) is 1. The van der Waals surface area contributed by atoms with Gasteiger partial charge in [0.15, 0.2) is 0 Å². The van der Waals surface area contributed by atoms with Crippen LogP contribution < -0.4 is 10.2 Å². The zero-order valence-electron chi connectivity index (χ0n) is 14.9. The van der Waals surface area contributed by atoms with Crippen molar-refractivity contribution in [1.29, 1.82) is 0 Å². The summed E-state index contributed by atoms with van der Waals surface area (Å²) in [6, 6.07) is 13.2. The molecule has 0 radical (unpaired) electrons. The summed E-state index contributed by atoms with van der Waals surface area (Å²) in [5.41, 5.74) is 3.22. The Morgan fingerprint density at radius 3 is 2.35 bits per heavy atom. The van der Waals surface area contributed by atoms with E-state index in [0.717, 1.165) is 11.3 Å². The molecule has 0 aromatic heterocycles. The number of amides is 1. The third-order valence-corrected chi connectivity index (χ3v) is 3.94. The van der Waals surface area contributed by atoms with Gasteiger partial charge in [0.05, 0.1) is 23.2 Å². The first-order valence-electron chi connectivity index (χ1n) is 8.16. The summed E-state index contributed by atoms with van der Waals surface area (Å²) in [5.74, 6) is 0.489. The second kappa shape index (κ2) is 8.24. The summed E-state index contributed by atoms with van der Waals surface area (Å²) in [6.45, 7) is 6.10. The molecule has 2 rings (SSSR count). The molecule has 26 heavy (non-hydrogen) atoms. The minimum absolute atomic E-state index is 0.00261. The number of hydrogen-bond donors (Lipinski definition) is 1. The van der Waals surface area contributed by atoms with Crippen LogP contribution in [-0.2, 0) is 10.2 Å². The predicted octanol–water partition coefficient (Wildman–Crippen LogP) is 3.42. The van der Waals surface area contributed by atoms with Crippen LogP contribution >= 0.6 is 0 Å². The molecule has 0 atom stereocenters. The van der Waals surface area contributed by atoms with Crippen molar-refractivity contribution in [3.05, 3.63) is 69.8 Å².